The van der Waals surface area contributed by atoms with Crippen molar-refractivity contribution in [1.29, 1.82) is 0 Å². The molecule has 0 atom stereocenters. The average Bonchev–Trinajstić information content (AvgIpc) is 3.32. The summed E-state index contributed by atoms with van der Waals surface area (Å²) in [6.45, 7) is 0. The topological polar surface area (TPSA) is 107 Å². The van der Waals surface area contributed by atoms with E-state index in [0.717, 1.165) is 9.13 Å². The Morgan fingerprint density at radius 1 is 1.04 bits per heavy atom. The fourth-order valence-electron chi connectivity index (χ4n) is 2.26. The van der Waals surface area contributed by atoms with Crippen molar-refractivity contribution >= 4 is 45.9 Å². The largest absolute Gasteiger partial charge is 0.334 e. The number of rotatable bonds is 4. The van der Waals surface area contributed by atoms with E-state index in [2.05, 4.69) is 48.4 Å². The zero-order chi connectivity index (χ0) is 18.8. The van der Waals surface area contributed by atoms with Gasteiger partial charge in [0, 0.05) is 14.2 Å². The number of amides is 1. The molecule has 1 N–H and O–H groups in total. The van der Waals surface area contributed by atoms with Crippen LogP contribution < -0.4 is 5.32 Å². The summed E-state index contributed by atoms with van der Waals surface area (Å²) in [4.78, 5) is 16.7. The zero-order valence-corrected chi connectivity index (χ0v) is 16.3. The van der Waals surface area contributed by atoms with Crippen LogP contribution in [0.5, 0.6) is 0 Å². The molecule has 8 nitrogen and oxygen atoms in total. The summed E-state index contributed by atoms with van der Waals surface area (Å²) in [5.74, 6) is 0.167. The van der Waals surface area contributed by atoms with Crippen molar-refractivity contribution in [3.05, 3.63) is 62.7 Å². The smallest absolute Gasteiger partial charge is 0.259 e. The first-order valence-corrected chi connectivity index (χ1v) is 9.06. The van der Waals surface area contributed by atoms with Crippen LogP contribution in [0.1, 0.15) is 10.4 Å². The van der Waals surface area contributed by atoms with Crippen LogP contribution >= 0.6 is 34.2 Å². The van der Waals surface area contributed by atoms with Gasteiger partial charge in [-0.2, -0.15) is 4.98 Å². The third kappa shape index (κ3) is 3.69. The van der Waals surface area contributed by atoms with Crippen LogP contribution in [0.2, 0.25) is 5.02 Å². The lowest BCUT2D eigenvalue weighted by atomic mass is 10.2. The van der Waals surface area contributed by atoms with E-state index in [9.17, 15) is 4.79 Å². The predicted octanol–water partition coefficient (Wildman–Crippen LogP) is 4.30. The second-order valence-electron chi connectivity index (χ2n) is 5.33. The molecule has 0 radical (unpaired) electrons. The molecule has 0 fully saturated rings. The Labute approximate surface area is 171 Å². The number of benzene rings is 2. The van der Waals surface area contributed by atoms with E-state index in [1.807, 2.05) is 24.3 Å². The summed E-state index contributed by atoms with van der Waals surface area (Å²) in [5.41, 5.74) is 1.36. The Morgan fingerprint density at radius 3 is 2.59 bits per heavy atom. The average molecular weight is 494 g/mol. The summed E-state index contributed by atoms with van der Waals surface area (Å²) in [7, 11) is 0. The van der Waals surface area contributed by atoms with Gasteiger partial charge in [0.25, 0.3) is 11.8 Å². The lowest BCUT2D eigenvalue weighted by molar-refractivity contribution is 0.102. The van der Waals surface area contributed by atoms with Gasteiger partial charge in [-0.05, 0) is 69.3 Å². The first-order valence-electron chi connectivity index (χ1n) is 7.60. The molecule has 1 amide bonds. The van der Waals surface area contributed by atoms with Gasteiger partial charge in [0.1, 0.15) is 0 Å². The molecule has 0 aliphatic heterocycles. The zero-order valence-electron chi connectivity index (χ0n) is 13.4. The molecule has 4 rings (SSSR count). The van der Waals surface area contributed by atoms with Gasteiger partial charge >= 0.3 is 0 Å². The van der Waals surface area contributed by atoms with Gasteiger partial charge in [-0.15, -0.1) is 0 Å². The molecule has 10 heteroatoms. The fraction of sp³-hybridized carbons (Fsp3) is 0. The molecular formula is C17H9ClIN5O3. The normalized spacial score (nSPS) is 10.7. The number of hydrogen-bond donors (Lipinski definition) is 1. The molecule has 134 valence electrons. The van der Waals surface area contributed by atoms with E-state index in [0.29, 0.717) is 16.5 Å². The molecule has 0 saturated carbocycles. The van der Waals surface area contributed by atoms with E-state index in [4.69, 9.17) is 20.8 Å². The minimum Gasteiger partial charge on any atom is -0.334 e. The third-order valence-electron chi connectivity index (χ3n) is 3.57. The first kappa shape index (κ1) is 17.6. The number of hydrogen-bond acceptors (Lipinski definition) is 7. The maximum Gasteiger partial charge on any atom is 0.259 e. The summed E-state index contributed by atoms with van der Waals surface area (Å²) < 4.78 is 11.0. The van der Waals surface area contributed by atoms with Crippen molar-refractivity contribution in [2.75, 3.05) is 5.32 Å². The van der Waals surface area contributed by atoms with Crippen molar-refractivity contribution in [2.45, 2.75) is 0 Å². The maximum absolute atomic E-state index is 12.3. The third-order valence-corrected chi connectivity index (χ3v) is 4.76. The lowest BCUT2D eigenvalue weighted by Crippen LogP contribution is -2.12. The second-order valence-corrected chi connectivity index (χ2v) is 6.92. The van der Waals surface area contributed by atoms with Crippen LogP contribution in [0.4, 0.5) is 5.82 Å². The number of aromatic nitrogens is 4. The fourth-order valence-corrected chi connectivity index (χ4v) is 3.01. The van der Waals surface area contributed by atoms with E-state index in [1.54, 1.807) is 24.3 Å². The monoisotopic (exact) mass is 493 g/mol. The highest BCUT2D eigenvalue weighted by Gasteiger charge is 2.22. The molecule has 4 aromatic rings. The maximum atomic E-state index is 12.3. The minimum absolute atomic E-state index is 0.0880. The Bertz CT molecular complexity index is 1110. The van der Waals surface area contributed by atoms with Gasteiger partial charge in [-0.1, -0.05) is 28.9 Å². The number of halogens is 2. The number of nitrogens with zero attached hydrogens (tertiary/aromatic N) is 4. The van der Waals surface area contributed by atoms with Crippen LogP contribution in [-0.4, -0.2) is 26.4 Å². The Morgan fingerprint density at radius 2 is 1.81 bits per heavy atom. The lowest BCUT2D eigenvalue weighted by Gasteiger charge is -2.01. The number of anilines is 1. The number of carbonyl (C=O) groups excluding carboxylic acids is 1. The van der Waals surface area contributed by atoms with Crippen molar-refractivity contribution in [1.82, 2.24) is 20.5 Å². The van der Waals surface area contributed by atoms with Gasteiger partial charge in [-0.25, -0.2) is 4.63 Å². The SMILES string of the molecule is O=C(Nc1nonc1-c1noc(-c2ccccc2I)n1)c1ccc(Cl)cc1. The molecular weight excluding hydrogens is 485 g/mol. The Balaban J connectivity index is 1.60. The standard InChI is InChI=1S/C17H9ClIN5O3/c18-10-7-5-9(6-8-10)16(25)20-14-13(22-27-24-14)15-21-17(26-23-15)11-3-1-2-4-12(11)19/h1-8H,(H,20,24,25). The summed E-state index contributed by atoms with van der Waals surface area (Å²) in [6.07, 6.45) is 0. The molecule has 0 bridgehead atoms. The van der Waals surface area contributed by atoms with Gasteiger partial charge in [-0.3, -0.25) is 4.79 Å². The predicted molar refractivity (Wildman–Crippen MR) is 105 cm³/mol. The Kier molecular flexibility index (Phi) is 4.86. The molecule has 27 heavy (non-hydrogen) atoms. The molecule has 2 heterocycles. The van der Waals surface area contributed by atoms with Crippen LogP contribution in [0, 0.1) is 3.57 Å². The Hall–Kier alpha value is -2.79. The van der Waals surface area contributed by atoms with E-state index in [1.165, 1.54) is 0 Å². The van der Waals surface area contributed by atoms with Gasteiger partial charge in [0.15, 0.2) is 5.69 Å². The number of nitrogens with one attached hydrogen (secondary N) is 1. The van der Waals surface area contributed by atoms with Crippen molar-refractivity contribution < 1.29 is 13.9 Å². The van der Waals surface area contributed by atoms with E-state index in [-0.39, 0.29) is 17.3 Å². The van der Waals surface area contributed by atoms with Crippen LogP contribution in [0.3, 0.4) is 0 Å². The van der Waals surface area contributed by atoms with E-state index >= 15 is 0 Å². The van der Waals surface area contributed by atoms with Crippen LogP contribution in [0.15, 0.2) is 57.7 Å². The highest BCUT2D eigenvalue weighted by atomic mass is 127. The summed E-state index contributed by atoms with van der Waals surface area (Å²) in [5, 5.41) is 14.5. The van der Waals surface area contributed by atoms with Gasteiger partial charge < -0.3 is 9.84 Å². The second kappa shape index (κ2) is 7.45. The van der Waals surface area contributed by atoms with Crippen LogP contribution in [-0.2, 0) is 0 Å². The quantitative estimate of drug-likeness (QED) is 0.423. The minimum atomic E-state index is -0.398. The van der Waals surface area contributed by atoms with E-state index < -0.39 is 5.91 Å². The highest BCUT2D eigenvalue weighted by molar-refractivity contribution is 14.1. The number of carbonyl (C=O) groups is 1. The molecule has 0 aliphatic carbocycles. The van der Waals surface area contributed by atoms with Crippen molar-refractivity contribution in [3.8, 4) is 23.0 Å². The van der Waals surface area contributed by atoms with Gasteiger partial charge in [0.05, 0.1) is 5.56 Å². The molecule has 0 aliphatic rings. The highest BCUT2D eigenvalue weighted by Crippen LogP contribution is 2.28. The first-order chi connectivity index (χ1) is 13.1. The molecule has 2 aromatic carbocycles. The molecule has 0 unspecified atom stereocenters. The van der Waals surface area contributed by atoms with Crippen LogP contribution in [0.25, 0.3) is 23.0 Å². The summed E-state index contributed by atoms with van der Waals surface area (Å²) >= 11 is 8.01. The molecule has 2 aromatic heterocycles. The van der Waals surface area contributed by atoms with Gasteiger partial charge in [0.2, 0.25) is 11.6 Å². The van der Waals surface area contributed by atoms with Crippen molar-refractivity contribution in [3.63, 3.8) is 0 Å². The molecule has 0 saturated heterocycles. The molecule has 0 spiro atoms. The van der Waals surface area contributed by atoms with Crippen molar-refractivity contribution in [2.24, 2.45) is 0 Å². The summed E-state index contributed by atoms with van der Waals surface area (Å²) in [6, 6.07) is 14.0.